The Morgan fingerprint density at radius 2 is 1.83 bits per heavy atom. The minimum Gasteiger partial charge on any atom is -0.496 e. The molecule has 1 aliphatic rings. The van der Waals surface area contributed by atoms with Crippen molar-refractivity contribution in [2.45, 2.75) is 13.5 Å². The normalized spacial score (nSPS) is 16.3. The van der Waals surface area contributed by atoms with Crippen LogP contribution in [0, 0.1) is 0 Å². The molecule has 0 aliphatic carbocycles. The average molecular weight is 341 g/mol. The van der Waals surface area contributed by atoms with Crippen molar-refractivity contribution >= 4 is 29.4 Å². The van der Waals surface area contributed by atoms with Crippen LogP contribution in [0.15, 0.2) is 18.2 Å². The summed E-state index contributed by atoms with van der Waals surface area (Å²) in [6, 6.07) is 4.70. The van der Waals surface area contributed by atoms with Crippen molar-refractivity contribution < 1.29 is 24.0 Å². The van der Waals surface area contributed by atoms with E-state index in [0.29, 0.717) is 17.3 Å². The lowest BCUT2D eigenvalue weighted by Crippen LogP contribution is -3.09. The number of carbonyl (C=O) groups is 3. The van der Waals surface area contributed by atoms with Gasteiger partial charge < -0.3 is 9.64 Å². The largest absolute Gasteiger partial charge is 0.496 e. The number of imide groups is 2. The van der Waals surface area contributed by atoms with Crippen LogP contribution in [-0.2, 0) is 16.1 Å². The zero-order valence-corrected chi connectivity index (χ0v) is 14.0. The molecule has 2 rings (SSSR count). The molecule has 7 nitrogen and oxygen atoms in total. The lowest BCUT2D eigenvalue weighted by Gasteiger charge is -2.20. The summed E-state index contributed by atoms with van der Waals surface area (Å²) < 4.78 is 5.28. The number of ether oxygens (including phenoxy) is 1. The quantitative estimate of drug-likeness (QED) is 0.590. The van der Waals surface area contributed by atoms with Gasteiger partial charge in [-0.15, -0.1) is 0 Å². The molecule has 0 spiro atoms. The molecule has 4 amide bonds. The van der Waals surface area contributed by atoms with Gasteiger partial charge in [-0.1, -0.05) is 11.6 Å². The highest BCUT2D eigenvalue weighted by Gasteiger charge is 2.44. The monoisotopic (exact) mass is 340 g/mol. The second-order valence-corrected chi connectivity index (χ2v) is 5.75. The van der Waals surface area contributed by atoms with Crippen molar-refractivity contribution in [3.05, 3.63) is 28.8 Å². The third-order valence-electron chi connectivity index (χ3n) is 3.61. The number of nitrogens with zero attached hydrogens (tertiary/aromatic N) is 2. The predicted molar refractivity (Wildman–Crippen MR) is 83.1 cm³/mol. The number of halogens is 1. The first kappa shape index (κ1) is 17.2. The predicted octanol–water partition coefficient (Wildman–Crippen LogP) is 0.132. The summed E-state index contributed by atoms with van der Waals surface area (Å²) in [4.78, 5) is 38.4. The van der Waals surface area contributed by atoms with E-state index in [1.54, 1.807) is 32.2 Å². The average Bonchev–Trinajstić information content (AvgIpc) is 2.71. The Balaban J connectivity index is 2.10. The van der Waals surface area contributed by atoms with E-state index in [1.165, 1.54) is 0 Å². The van der Waals surface area contributed by atoms with E-state index in [0.717, 1.165) is 20.3 Å². The van der Waals surface area contributed by atoms with Gasteiger partial charge >= 0.3 is 17.8 Å². The summed E-state index contributed by atoms with van der Waals surface area (Å²) in [5, 5.41) is 0.578. The summed E-state index contributed by atoms with van der Waals surface area (Å²) >= 11 is 6.00. The lowest BCUT2D eigenvalue weighted by atomic mass is 10.2. The van der Waals surface area contributed by atoms with Crippen LogP contribution in [0.1, 0.15) is 12.5 Å². The number of amides is 4. The maximum absolute atomic E-state index is 12.1. The fourth-order valence-electron chi connectivity index (χ4n) is 2.50. The number of carbonyl (C=O) groups excluding carboxylic acids is 3. The van der Waals surface area contributed by atoms with Crippen LogP contribution in [-0.4, -0.2) is 55.0 Å². The molecular formula is C15H19ClN3O4+. The number of hydrogen-bond acceptors (Lipinski definition) is 4. The Morgan fingerprint density at radius 3 is 2.39 bits per heavy atom. The van der Waals surface area contributed by atoms with Crippen LogP contribution in [0.25, 0.3) is 0 Å². The minimum atomic E-state index is -0.783. The molecule has 0 aromatic heterocycles. The third-order valence-corrected chi connectivity index (χ3v) is 3.85. The van der Waals surface area contributed by atoms with Gasteiger partial charge in [-0.2, -0.15) is 0 Å². The zero-order chi connectivity index (χ0) is 17.1. The first-order valence-electron chi connectivity index (χ1n) is 7.20. The number of benzene rings is 1. The molecule has 8 heteroatoms. The number of hydrogen-bond donors (Lipinski definition) is 1. The maximum atomic E-state index is 12.1. The van der Waals surface area contributed by atoms with Gasteiger partial charge in [0, 0.05) is 17.1 Å². The molecule has 23 heavy (non-hydrogen) atoms. The molecule has 1 heterocycles. The molecule has 1 N–H and O–H groups in total. The highest BCUT2D eigenvalue weighted by atomic mass is 35.5. The van der Waals surface area contributed by atoms with E-state index >= 15 is 0 Å². The SMILES string of the molecule is CCN1C(=O)C(=O)N(C[NH+](C)Cc2cc(Cl)ccc2OC)C1=O. The van der Waals surface area contributed by atoms with Crippen molar-refractivity contribution in [3.8, 4) is 5.75 Å². The van der Waals surface area contributed by atoms with Gasteiger partial charge in [0.15, 0.2) is 6.67 Å². The van der Waals surface area contributed by atoms with Gasteiger partial charge in [-0.3, -0.25) is 14.5 Å². The van der Waals surface area contributed by atoms with E-state index in [2.05, 4.69) is 0 Å². The number of rotatable bonds is 6. The summed E-state index contributed by atoms with van der Waals surface area (Å²) in [6.45, 7) is 2.41. The van der Waals surface area contributed by atoms with Gasteiger partial charge in [0.1, 0.15) is 12.3 Å². The van der Waals surface area contributed by atoms with E-state index in [4.69, 9.17) is 16.3 Å². The van der Waals surface area contributed by atoms with Gasteiger partial charge in [-0.25, -0.2) is 9.69 Å². The number of nitrogens with one attached hydrogen (secondary N) is 1. The zero-order valence-electron chi connectivity index (χ0n) is 13.3. The first-order valence-corrected chi connectivity index (χ1v) is 7.57. The summed E-state index contributed by atoms with van der Waals surface area (Å²) in [6.07, 6.45) is 0. The van der Waals surface area contributed by atoms with Gasteiger partial charge in [-0.05, 0) is 25.1 Å². The van der Waals surface area contributed by atoms with E-state index in [1.807, 2.05) is 7.05 Å². The number of urea groups is 1. The van der Waals surface area contributed by atoms with Gasteiger partial charge in [0.05, 0.1) is 14.2 Å². The summed E-state index contributed by atoms with van der Waals surface area (Å²) in [7, 11) is 3.38. The maximum Gasteiger partial charge on any atom is 0.338 e. The highest BCUT2D eigenvalue weighted by Crippen LogP contribution is 2.21. The van der Waals surface area contributed by atoms with E-state index in [-0.39, 0.29) is 13.2 Å². The molecule has 0 radical (unpaired) electrons. The highest BCUT2D eigenvalue weighted by molar-refractivity contribution is 6.44. The lowest BCUT2D eigenvalue weighted by molar-refractivity contribution is -0.901. The fraction of sp³-hybridized carbons (Fsp3) is 0.400. The molecule has 1 aromatic carbocycles. The second-order valence-electron chi connectivity index (χ2n) is 5.31. The van der Waals surface area contributed by atoms with Crippen LogP contribution in [0.5, 0.6) is 5.75 Å². The van der Waals surface area contributed by atoms with Crippen LogP contribution in [0.3, 0.4) is 0 Å². The van der Waals surface area contributed by atoms with Crippen molar-refractivity contribution in [3.63, 3.8) is 0 Å². The van der Waals surface area contributed by atoms with Crippen LogP contribution < -0.4 is 9.64 Å². The fourth-order valence-corrected chi connectivity index (χ4v) is 2.70. The Morgan fingerprint density at radius 1 is 1.17 bits per heavy atom. The van der Waals surface area contributed by atoms with Gasteiger partial charge in [0.2, 0.25) is 0 Å². The molecule has 1 atom stereocenters. The Kier molecular flexibility index (Phi) is 5.23. The number of quaternary nitrogens is 1. The standard InChI is InChI=1S/C15H18ClN3O4/c1-4-18-13(20)14(21)19(15(18)22)9-17(2)8-10-7-11(16)5-6-12(10)23-3/h5-7H,4,8-9H2,1-3H3/p+1. The van der Waals surface area contributed by atoms with Gasteiger partial charge in [0.25, 0.3) is 0 Å². The van der Waals surface area contributed by atoms with E-state index < -0.39 is 17.8 Å². The van der Waals surface area contributed by atoms with Crippen LogP contribution in [0.4, 0.5) is 4.79 Å². The second kappa shape index (κ2) is 6.97. The van der Waals surface area contributed by atoms with Crippen molar-refractivity contribution in [2.75, 3.05) is 27.4 Å². The molecule has 1 aliphatic heterocycles. The minimum absolute atomic E-state index is 0.0928. The summed E-state index contributed by atoms with van der Waals surface area (Å²) in [5.41, 5.74) is 0.857. The topological polar surface area (TPSA) is 71.4 Å². The third kappa shape index (κ3) is 3.46. The van der Waals surface area contributed by atoms with Crippen LogP contribution >= 0.6 is 11.6 Å². The van der Waals surface area contributed by atoms with Crippen molar-refractivity contribution in [1.29, 1.82) is 0 Å². The van der Waals surface area contributed by atoms with Crippen molar-refractivity contribution in [2.24, 2.45) is 0 Å². The van der Waals surface area contributed by atoms with Crippen LogP contribution in [0.2, 0.25) is 5.02 Å². The Labute approximate surface area is 139 Å². The molecular weight excluding hydrogens is 322 g/mol. The molecule has 0 bridgehead atoms. The smallest absolute Gasteiger partial charge is 0.338 e. The molecule has 1 fully saturated rings. The Bertz CT molecular complexity index is 650. The van der Waals surface area contributed by atoms with E-state index in [9.17, 15) is 14.4 Å². The molecule has 1 saturated heterocycles. The van der Waals surface area contributed by atoms with Crippen molar-refractivity contribution in [1.82, 2.24) is 9.80 Å². The Hall–Kier alpha value is -2.12. The molecule has 1 aromatic rings. The molecule has 124 valence electrons. The molecule has 1 unspecified atom stereocenters. The number of likely N-dealkylation sites (N-methyl/N-ethyl adjacent to an activating group) is 1. The number of methoxy groups -OCH3 is 1. The first-order chi connectivity index (χ1) is 10.9. The summed E-state index contributed by atoms with van der Waals surface area (Å²) in [5.74, 6) is -0.876. The molecule has 0 saturated carbocycles.